The molecule has 168 valence electrons. The Balaban J connectivity index is 1.77. The Hall–Kier alpha value is -2.98. The van der Waals surface area contributed by atoms with Gasteiger partial charge < -0.3 is 14.0 Å². The fraction of sp³-hybridized carbons (Fsp3) is 0.273. The van der Waals surface area contributed by atoms with Gasteiger partial charge in [0.15, 0.2) is 4.80 Å². The molecule has 3 rings (SSSR count). The summed E-state index contributed by atoms with van der Waals surface area (Å²) in [7, 11) is 2.58. The molecular weight excluding hydrogens is 455 g/mol. The predicted octanol–water partition coefficient (Wildman–Crippen LogP) is 3.80. The number of thiazole rings is 1. The first-order valence-electron chi connectivity index (χ1n) is 9.65. The van der Waals surface area contributed by atoms with Crippen molar-refractivity contribution in [3.05, 3.63) is 58.6 Å². The van der Waals surface area contributed by atoms with Crippen LogP contribution in [0.1, 0.15) is 23.2 Å². The third-order valence-corrected chi connectivity index (χ3v) is 6.60. The molecule has 0 bridgehead atoms. The van der Waals surface area contributed by atoms with E-state index in [1.807, 2.05) is 0 Å². The topological polar surface area (TPSA) is 87.0 Å². The van der Waals surface area contributed by atoms with Crippen molar-refractivity contribution in [2.24, 2.45) is 4.99 Å². The summed E-state index contributed by atoms with van der Waals surface area (Å²) in [6, 6.07) is 11.1. The molecule has 0 saturated heterocycles. The number of thioether (sulfide) groups is 1. The van der Waals surface area contributed by atoms with Gasteiger partial charge in [0.25, 0.3) is 0 Å². The Morgan fingerprint density at radius 1 is 1.09 bits per heavy atom. The van der Waals surface area contributed by atoms with E-state index >= 15 is 0 Å². The summed E-state index contributed by atoms with van der Waals surface area (Å²) in [6.07, 6.45) is 0.826. The van der Waals surface area contributed by atoms with E-state index in [2.05, 4.69) is 4.99 Å². The molecule has 0 aliphatic carbocycles. The first-order valence-corrected chi connectivity index (χ1v) is 11.5. The van der Waals surface area contributed by atoms with Crippen molar-refractivity contribution >= 4 is 51.2 Å². The molecule has 7 nitrogen and oxygen atoms in total. The quantitative estimate of drug-likeness (QED) is 0.279. The second-order valence-electron chi connectivity index (χ2n) is 6.63. The number of methoxy groups -OCH3 is 2. The number of rotatable bonds is 8. The molecule has 0 atom stereocenters. The molecule has 2 aromatic carbocycles. The minimum Gasteiger partial charge on any atom is -0.468 e. The number of fused-ring (bicyclic) bond motifs is 1. The van der Waals surface area contributed by atoms with Crippen LogP contribution in [0.4, 0.5) is 4.39 Å². The number of amides is 1. The fourth-order valence-corrected chi connectivity index (χ4v) is 4.80. The zero-order valence-electron chi connectivity index (χ0n) is 17.5. The van der Waals surface area contributed by atoms with Crippen molar-refractivity contribution in [3.8, 4) is 0 Å². The number of hydrogen-bond donors (Lipinski definition) is 0. The number of benzene rings is 2. The van der Waals surface area contributed by atoms with E-state index in [0.29, 0.717) is 32.8 Å². The Kier molecular flexibility index (Phi) is 8.18. The van der Waals surface area contributed by atoms with Crippen LogP contribution in [-0.2, 0) is 25.6 Å². The number of esters is 2. The zero-order chi connectivity index (χ0) is 23.1. The normalized spacial score (nSPS) is 11.5. The summed E-state index contributed by atoms with van der Waals surface area (Å²) < 4.78 is 24.8. The molecule has 0 unspecified atom stereocenters. The van der Waals surface area contributed by atoms with Gasteiger partial charge >= 0.3 is 11.9 Å². The SMILES string of the molecule is COC(=O)Cn1c(=NC(=O)CCCSc2ccc(F)cc2)sc2cc(C(=O)OC)ccc21. The summed E-state index contributed by atoms with van der Waals surface area (Å²) in [5, 5.41) is 0. The number of nitrogens with zero attached hydrogens (tertiary/aromatic N) is 2. The van der Waals surface area contributed by atoms with Crippen LogP contribution < -0.4 is 4.80 Å². The molecule has 1 aromatic heterocycles. The maximum atomic E-state index is 13.0. The van der Waals surface area contributed by atoms with E-state index in [4.69, 9.17) is 9.47 Å². The van der Waals surface area contributed by atoms with E-state index in [-0.39, 0.29) is 24.7 Å². The maximum Gasteiger partial charge on any atom is 0.337 e. The van der Waals surface area contributed by atoms with Gasteiger partial charge in [-0.2, -0.15) is 4.99 Å². The van der Waals surface area contributed by atoms with E-state index < -0.39 is 11.9 Å². The molecule has 3 aromatic rings. The second kappa shape index (κ2) is 11.1. The first kappa shape index (κ1) is 23.7. The lowest BCUT2D eigenvalue weighted by atomic mass is 10.2. The Labute approximate surface area is 191 Å². The molecule has 0 N–H and O–H groups in total. The number of carbonyl (C=O) groups excluding carboxylic acids is 3. The van der Waals surface area contributed by atoms with Crippen LogP contribution in [0.3, 0.4) is 0 Å². The summed E-state index contributed by atoms with van der Waals surface area (Å²) in [6.45, 7) is -0.111. The molecule has 32 heavy (non-hydrogen) atoms. The smallest absolute Gasteiger partial charge is 0.337 e. The molecule has 0 aliphatic rings. The van der Waals surface area contributed by atoms with Gasteiger partial charge in [-0.1, -0.05) is 11.3 Å². The van der Waals surface area contributed by atoms with Crippen molar-refractivity contribution in [2.45, 2.75) is 24.3 Å². The molecule has 0 saturated carbocycles. The lowest BCUT2D eigenvalue weighted by molar-refractivity contribution is -0.141. The van der Waals surface area contributed by atoms with Crippen LogP contribution in [0.25, 0.3) is 10.2 Å². The summed E-state index contributed by atoms with van der Waals surface area (Å²) in [4.78, 5) is 41.6. The van der Waals surface area contributed by atoms with E-state index in [1.54, 1.807) is 34.9 Å². The second-order valence-corrected chi connectivity index (χ2v) is 8.81. The average Bonchev–Trinajstić information content (AvgIpc) is 3.13. The lowest BCUT2D eigenvalue weighted by Crippen LogP contribution is -2.22. The molecule has 0 fully saturated rings. The lowest BCUT2D eigenvalue weighted by Gasteiger charge is -2.04. The summed E-state index contributed by atoms with van der Waals surface area (Å²) in [5.74, 6) is -0.877. The summed E-state index contributed by atoms with van der Waals surface area (Å²) in [5.41, 5.74) is 1.02. The highest BCUT2D eigenvalue weighted by Crippen LogP contribution is 2.21. The zero-order valence-corrected chi connectivity index (χ0v) is 19.1. The van der Waals surface area contributed by atoms with Crippen LogP contribution in [-0.4, -0.2) is 42.4 Å². The molecule has 0 aliphatic heterocycles. The van der Waals surface area contributed by atoms with Gasteiger partial charge in [0, 0.05) is 11.3 Å². The minimum atomic E-state index is -0.480. The Bertz CT molecular complexity index is 1200. The highest BCUT2D eigenvalue weighted by Gasteiger charge is 2.14. The maximum absolute atomic E-state index is 13.0. The van der Waals surface area contributed by atoms with Gasteiger partial charge in [0.1, 0.15) is 12.4 Å². The van der Waals surface area contributed by atoms with Crippen molar-refractivity contribution in [2.75, 3.05) is 20.0 Å². The average molecular weight is 477 g/mol. The number of carbonyl (C=O) groups is 3. The van der Waals surface area contributed by atoms with Gasteiger partial charge in [-0.25, -0.2) is 9.18 Å². The first-order chi connectivity index (χ1) is 15.4. The van der Waals surface area contributed by atoms with E-state index in [9.17, 15) is 18.8 Å². The van der Waals surface area contributed by atoms with Gasteiger partial charge in [0.05, 0.1) is 30.0 Å². The van der Waals surface area contributed by atoms with Crippen molar-refractivity contribution < 1.29 is 28.2 Å². The molecule has 0 radical (unpaired) electrons. The molecule has 0 spiro atoms. The van der Waals surface area contributed by atoms with Crippen LogP contribution in [0.15, 0.2) is 52.4 Å². The van der Waals surface area contributed by atoms with Crippen molar-refractivity contribution in [1.82, 2.24) is 4.57 Å². The third kappa shape index (κ3) is 6.04. The fourth-order valence-electron chi connectivity index (χ4n) is 2.86. The monoisotopic (exact) mass is 476 g/mol. The van der Waals surface area contributed by atoms with Crippen LogP contribution in [0.5, 0.6) is 0 Å². The number of ether oxygens (including phenoxy) is 2. The van der Waals surface area contributed by atoms with Crippen LogP contribution in [0.2, 0.25) is 0 Å². The van der Waals surface area contributed by atoms with Crippen LogP contribution >= 0.6 is 23.1 Å². The number of aromatic nitrogens is 1. The van der Waals surface area contributed by atoms with Gasteiger partial charge in [0.2, 0.25) is 5.91 Å². The van der Waals surface area contributed by atoms with Crippen molar-refractivity contribution in [1.29, 1.82) is 0 Å². The van der Waals surface area contributed by atoms with E-state index in [0.717, 1.165) is 4.90 Å². The minimum absolute atomic E-state index is 0.111. The highest BCUT2D eigenvalue weighted by atomic mass is 32.2. The molecular formula is C22H21FN2O5S2. The number of hydrogen-bond acceptors (Lipinski definition) is 7. The van der Waals surface area contributed by atoms with Crippen molar-refractivity contribution in [3.63, 3.8) is 0 Å². The molecule has 1 amide bonds. The third-order valence-electron chi connectivity index (χ3n) is 4.46. The molecule has 10 heteroatoms. The standard InChI is InChI=1S/C22H21FN2O5S2/c1-29-20(27)13-25-17-10-5-14(21(28)30-2)12-18(17)32-22(25)24-19(26)4-3-11-31-16-8-6-15(23)7-9-16/h5-10,12H,3-4,11,13H2,1-2H3. The Morgan fingerprint density at radius 3 is 2.53 bits per heavy atom. The summed E-state index contributed by atoms with van der Waals surface area (Å²) >= 11 is 2.74. The predicted molar refractivity (Wildman–Crippen MR) is 120 cm³/mol. The van der Waals surface area contributed by atoms with Crippen LogP contribution in [0, 0.1) is 5.82 Å². The van der Waals surface area contributed by atoms with Gasteiger partial charge in [-0.3, -0.25) is 9.59 Å². The van der Waals surface area contributed by atoms with E-state index in [1.165, 1.54) is 49.5 Å². The highest BCUT2D eigenvalue weighted by molar-refractivity contribution is 7.99. The number of halogens is 1. The van der Waals surface area contributed by atoms with Gasteiger partial charge in [-0.05, 0) is 54.6 Å². The Morgan fingerprint density at radius 2 is 1.84 bits per heavy atom. The largest absolute Gasteiger partial charge is 0.468 e. The van der Waals surface area contributed by atoms with Gasteiger partial charge in [-0.15, -0.1) is 11.8 Å². The molecule has 1 heterocycles.